The Morgan fingerprint density at radius 1 is 1.17 bits per heavy atom. The number of anilines is 1. The van der Waals surface area contributed by atoms with E-state index in [0.29, 0.717) is 0 Å². The van der Waals surface area contributed by atoms with E-state index in [1.807, 2.05) is 30.3 Å². The molecule has 0 radical (unpaired) electrons. The molecule has 1 fully saturated rings. The highest BCUT2D eigenvalue weighted by Gasteiger charge is 2.23. The first kappa shape index (κ1) is 15.3. The van der Waals surface area contributed by atoms with E-state index in [0.717, 1.165) is 60.8 Å². The smallest absolute Gasteiger partial charge is 0.231 e. The van der Waals surface area contributed by atoms with Crippen molar-refractivity contribution in [3.63, 3.8) is 0 Å². The first-order valence-corrected chi connectivity index (χ1v) is 8.50. The quantitative estimate of drug-likeness (QED) is 0.812. The van der Waals surface area contributed by atoms with Gasteiger partial charge < -0.3 is 29.0 Å². The number of benzene rings is 1. The molecule has 24 heavy (non-hydrogen) atoms. The summed E-state index contributed by atoms with van der Waals surface area (Å²) >= 11 is 5.55. The van der Waals surface area contributed by atoms with E-state index in [1.54, 1.807) is 6.26 Å². The van der Waals surface area contributed by atoms with Gasteiger partial charge in [0.15, 0.2) is 22.4 Å². The number of nitrogens with one attached hydrogen (secondary N) is 2. The van der Waals surface area contributed by atoms with Crippen molar-refractivity contribution in [2.24, 2.45) is 0 Å². The third-order valence-electron chi connectivity index (χ3n) is 4.39. The van der Waals surface area contributed by atoms with Crippen molar-refractivity contribution < 1.29 is 18.8 Å². The molecule has 0 saturated carbocycles. The molecule has 1 aromatic heterocycles. The molecule has 126 valence electrons. The fourth-order valence-electron chi connectivity index (χ4n) is 3.04. The van der Waals surface area contributed by atoms with E-state index in [4.69, 9.17) is 26.1 Å². The number of piperazine rings is 1. The predicted octanol–water partition coefficient (Wildman–Crippen LogP) is 1.11. The van der Waals surface area contributed by atoms with Crippen LogP contribution in [0.1, 0.15) is 5.76 Å². The number of ether oxygens (including phenoxy) is 2. The molecule has 1 saturated heterocycles. The SMILES string of the molecule is S=C(Nc1ccc2c(c1)OCO2)N1CC[NH+](Cc2ccco2)CC1. The zero-order chi connectivity index (χ0) is 16.4. The summed E-state index contributed by atoms with van der Waals surface area (Å²) in [7, 11) is 0. The van der Waals surface area contributed by atoms with Crippen LogP contribution in [0.4, 0.5) is 5.69 Å². The largest absolute Gasteiger partial charge is 0.463 e. The van der Waals surface area contributed by atoms with Crippen LogP contribution in [0.15, 0.2) is 41.0 Å². The Balaban J connectivity index is 1.30. The van der Waals surface area contributed by atoms with Gasteiger partial charge in [-0.15, -0.1) is 0 Å². The average molecular weight is 346 g/mol. The Kier molecular flexibility index (Phi) is 4.27. The lowest BCUT2D eigenvalue weighted by Crippen LogP contribution is -3.13. The van der Waals surface area contributed by atoms with Gasteiger partial charge in [-0.1, -0.05) is 0 Å². The molecule has 2 aromatic rings. The summed E-state index contributed by atoms with van der Waals surface area (Å²) < 4.78 is 16.2. The number of rotatable bonds is 3. The first-order chi connectivity index (χ1) is 11.8. The maximum Gasteiger partial charge on any atom is 0.231 e. The molecule has 0 spiro atoms. The second-order valence-electron chi connectivity index (χ2n) is 5.99. The predicted molar refractivity (Wildman–Crippen MR) is 93.5 cm³/mol. The summed E-state index contributed by atoms with van der Waals surface area (Å²) in [6.07, 6.45) is 1.73. The van der Waals surface area contributed by atoms with Crippen molar-refractivity contribution in [3.05, 3.63) is 42.4 Å². The molecule has 0 atom stereocenters. The van der Waals surface area contributed by atoms with E-state index in [2.05, 4.69) is 10.2 Å². The highest BCUT2D eigenvalue weighted by Crippen LogP contribution is 2.34. The lowest BCUT2D eigenvalue weighted by atomic mass is 10.2. The van der Waals surface area contributed by atoms with Gasteiger partial charge in [0, 0.05) is 11.8 Å². The standard InChI is InChI=1S/C17H19N3O3S/c24-17(18-13-3-4-15-16(10-13)23-12-22-15)20-7-5-19(6-8-20)11-14-2-1-9-21-14/h1-4,9-10H,5-8,11-12H2,(H,18,24)/p+1. The number of furan rings is 1. The number of quaternary nitrogens is 1. The Hall–Kier alpha value is -2.25. The lowest BCUT2D eigenvalue weighted by molar-refractivity contribution is -0.918. The lowest BCUT2D eigenvalue weighted by Gasteiger charge is -2.33. The first-order valence-electron chi connectivity index (χ1n) is 8.09. The molecular weight excluding hydrogens is 326 g/mol. The molecule has 0 aliphatic carbocycles. The van der Waals surface area contributed by atoms with Crippen LogP contribution in [0.5, 0.6) is 11.5 Å². The van der Waals surface area contributed by atoms with Crippen LogP contribution < -0.4 is 19.7 Å². The molecular formula is C17H20N3O3S+. The maximum absolute atomic E-state index is 5.55. The normalized spacial score (nSPS) is 17.1. The second kappa shape index (κ2) is 6.70. The Bertz CT molecular complexity index is 712. The molecule has 1 aromatic carbocycles. The van der Waals surface area contributed by atoms with E-state index >= 15 is 0 Å². The molecule has 6 nitrogen and oxygen atoms in total. The van der Waals surface area contributed by atoms with E-state index < -0.39 is 0 Å². The van der Waals surface area contributed by atoms with E-state index in [9.17, 15) is 0 Å². The number of hydrogen-bond donors (Lipinski definition) is 2. The zero-order valence-electron chi connectivity index (χ0n) is 13.3. The minimum atomic E-state index is 0.281. The summed E-state index contributed by atoms with van der Waals surface area (Å²) in [5.41, 5.74) is 0.926. The maximum atomic E-state index is 5.55. The van der Waals surface area contributed by atoms with Crippen LogP contribution in [0, 0.1) is 0 Å². The molecule has 2 aliphatic heterocycles. The fourth-order valence-corrected chi connectivity index (χ4v) is 3.34. The molecule has 0 amide bonds. The summed E-state index contributed by atoms with van der Waals surface area (Å²) in [5.74, 6) is 2.58. The van der Waals surface area contributed by atoms with Gasteiger partial charge >= 0.3 is 0 Å². The summed E-state index contributed by atoms with van der Waals surface area (Å²) in [5, 5.41) is 4.05. The van der Waals surface area contributed by atoms with Crippen LogP contribution in [-0.2, 0) is 6.54 Å². The van der Waals surface area contributed by atoms with Crippen molar-refractivity contribution in [2.45, 2.75) is 6.54 Å². The molecule has 0 bridgehead atoms. The van der Waals surface area contributed by atoms with E-state index in [-0.39, 0.29) is 6.79 Å². The van der Waals surface area contributed by atoms with Crippen LogP contribution in [0.25, 0.3) is 0 Å². The van der Waals surface area contributed by atoms with Crippen molar-refractivity contribution >= 4 is 23.0 Å². The van der Waals surface area contributed by atoms with Gasteiger partial charge in [0.2, 0.25) is 6.79 Å². The highest BCUT2D eigenvalue weighted by molar-refractivity contribution is 7.80. The van der Waals surface area contributed by atoms with Crippen LogP contribution in [-0.4, -0.2) is 43.0 Å². The minimum absolute atomic E-state index is 0.281. The van der Waals surface area contributed by atoms with Gasteiger partial charge in [-0.2, -0.15) is 0 Å². The number of fused-ring (bicyclic) bond motifs is 1. The number of nitrogens with zero attached hydrogens (tertiary/aromatic N) is 1. The fraction of sp³-hybridized carbons (Fsp3) is 0.353. The molecule has 2 N–H and O–H groups in total. The van der Waals surface area contributed by atoms with Gasteiger partial charge in [0.05, 0.1) is 32.4 Å². The van der Waals surface area contributed by atoms with Gasteiger partial charge in [-0.3, -0.25) is 0 Å². The average Bonchev–Trinajstić information content (AvgIpc) is 3.26. The highest BCUT2D eigenvalue weighted by atomic mass is 32.1. The minimum Gasteiger partial charge on any atom is -0.463 e. The second-order valence-corrected chi connectivity index (χ2v) is 6.38. The van der Waals surface area contributed by atoms with Gasteiger partial charge in [-0.05, 0) is 36.5 Å². The van der Waals surface area contributed by atoms with Crippen molar-refractivity contribution in [3.8, 4) is 11.5 Å². The van der Waals surface area contributed by atoms with Crippen molar-refractivity contribution in [2.75, 3.05) is 38.3 Å². The van der Waals surface area contributed by atoms with Gasteiger partial charge in [0.25, 0.3) is 0 Å². The Morgan fingerprint density at radius 3 is 2.79 bits per heavy atom. The van der Waals surface area contributed by atoms with Crippen molar-refractivity contribution in [1.29, 1.82) is 0 Å². The zero-order valence-corrected chi connectivity index (χ0v) is 14.1. The Morgan fingerprint density at radius 2 is 2.00 bits per heavy atom. The van der Waals surface area contributed by atoms with E-state index in [1.165, 1.54) is 4.90 Å². The van der Waals surface area contributed by atoms with Crippen LogP contribution >= 0.6 is 12.2 Å². The molecule has 3 heterocycles. The topological polar surface area (TPSA) is 51.3 Å². The van der Waals surface area contributed by atoms with Crippen LogP contribution in [0.2, 0.25) is 0 Å². The molecule has 2 aliphatic rings. The van der Waals surface area contributed by atoms with Gasteiger partial charge in [0.1, 0.15) is 6.54 Å². The third-order valence-corrected chi connectivity index (χ3v) is 4.75. The third kappa shape index (κ3) is 3.32. The number of hydrogen-bond acceptors (Lipinski definition) is 4. The molecule has 7 heteroatoms. The monoisotopic (exact) mass is 346 g/mol. The summed E-state index contributed by atoms with van der Waals surface area (Å²) in [4.78, 5) is 3.73. The van der Waals surface area contributed by atoms with Crippen molar-refractivity contribution in [1.82, 2.24) is 4.90 Å². The molecule has 0 unspecified atom stereocenters. The molecule has 4 rings (SSSR count). The summed E-state index contributed by atoms with van der Waals surface area (Å²) in [6, 6.07) is 9.75. The Labute approximate surface area is 145 Å². The number of thiocarbonyl (C=S) groups is 1. The van der Waals surface area contributed by atoms with Crippen LogP contribution in [0.3, 0.4) is 0 Å². The summed E-state index contributed by atoms with van der Waals surface area (Å²) in [6.45, 7) is 5.18. The van der Waals surface area contributed by atoms with Gasteiger partial charge in [-0.25, -0.2) is 0 Å².